The Labute approximate surface area is 335 Å². The molecule has 2 nitrogen and oxygen atoms in total. The summed E-state index contributed by atoms with van der Waals surface area (Å²) in [6.45, 7) is 0. The molecule has 0 bridgehead atoms. The first-order valence-electron chi connectivity index (χ1n) is 19.9. The minimum atomic E-state index is 0.892. The lowest BCUT2D eigenvalue weighted by atomic mass is 9.93. The van der Waals surface area contributed by atoms with Crippen LogP contribution < -0.4 is 4.90 Å². The van der Waals surface area contributed by atoms with E-state index in [1.165, 1.54) is 59.6 Å². The highest BCUT2D eigenvalue weighted by Crippen LogP contribution is 2.45. The third-order valence-electron chi connectivity index (χ3n) is 12.0. The summed E-state index contributed by atoms with van der Waals surface area (Å²) >= 11 is 0. The van der Waals surface area contributed by atoms with E-state index in [-0.39, 0.29) is 0 Å². The lowest BCUT2D eigenvalue weighted by Gasteiger charge is -2.28. The molecule has 0 spiro atoms. The third kappa shape index (κ3) is 5.12. The molecule has 270 valence electrons. The highest BCUT2D eigenvalue weighted by Gasteiger charge is 2.20. The molecule has 11 aromatic carbocycles. The fraction of sp³-hybridized carbons (Fsp3) is 0. The zero-order valence-electron chi connectivity index (χ0n) is 31.6. The fourth-order valence-electron chi connectivity index (χ4n) is 9.23. The van der Waals surface area contributed by atoms with Crippen molar-refractivity contribution >= 4 is 92.9 Å². The van der Waals surface area contributed by atoms with Crippen molar-refractivity contribution in [3.05, 3.63) is 212 Å². The second-order valence-corrected chi connectivity index (χ2v) is 15.3. The quantitative estimate of drug-likeness (QED) is 0.164. The zero-order valence-corrected chi connectivity index (χ0v) is 31.6. The third-order valence-corrected chi connectivity index (χ3v) is 12.0. The number of benzene rings is 11. The van der Waals surface area contributed by atoms with Gasteiger partial charge in [0.25, 0.3) is 0 Å². The molecular formula is C56H35NO. The van der Waals surface area contributed by atoms with Crippen LogP contribution >= 0.6 is 0 Å². The molecule has 1 heterocycles. The van der Waals surface area contributed by atoms with E-state index in [4.69, 9.17) is 4.42 Å². The first kappa shape index (κ1) is 32.6. The molecule has 0 N–H and O–H groups in total. The van der Waals surface area contributed by atoms with Crippen molar-refractivity contribution in [1.29, 1.82) is 0 Å². The van der Waals surface area contributed by atoms with E-state index < -0.39 is 0 Å². The minimum Gasteiger partial charge on any atom is -0.455 e. The van der Waals surface area contributed by atoms with Gasteiger partial charge in [0.15, 0.2) is 0 Å². The summed E-state index contributed by atoms with van der Waals surface area (Å²) in [7, 11) is 0. The van der Waals surface area contributed by atoms with Gasteiger partial charge in [-0.05, 0) is 120 Å². The number of fused-ring (bicyclic) bond motifs is 11. The van der Waals surface area contributed by atoms with E-state index in [2.05, 4.69) is 217 Å². The average Bonchev–Trinajstić information content (AvgIpc) is 3.68. The number of para-hydroxylation sites is 1. The maximum atomic E-state index is 6.53. The van der Waals surface area contributed by atoms with Crippen molar-refractivity contribution in [3.63, 3.8) is 0 Å². The topological polar surface area (TPSA) is 16.4 Å². The van der Waals surface area contributed by atoms with Gasteiger partial charge in [-0.3, -0.25) is 0 Å². The Hall–Kier alpha value is -7.68. The Morgan fingerprint density at radius 3 is 1.67 bits per heavy atom. The Morgan fingerprint density at radius 2 is 0.845 bits per heavy atom. The van der Waals surface area contributed by atoms with Crippen molar-refractivity contribution in [2.45, 2.75) is 0 Å². The molecule has 0 saturated heterocycles. The summed E-state index contributed by atoms with van der Waals surface area (Å²) in [6, 6.07) is 77.2. The molecule has 2 heteroatoms. The van der Waals surface area contributed by atoms with Gasteiger partial charge in [-0.1, -0.05) is 158 Å². The highest BCUT2D eigenvalue weighted by atomic mass is 16.3. The molecule has 0 saturated carbocycles. The number of hydrogen-bond donors (Lipinski definition) is 0. The summed E-state index contributed by atoms with van der Waals surface area (Å²) in [5.74, 6) is 0. The number of hydrogen-bond acceptors (Lipinski definition) is 2. The van der Waals surface area contributed by atoms with Gasteiger partial charge >= 0.3 is 0 Å². The van der Waals surface area contributed by atoms with Gasteiger partial charge in [-0.15, -0.1) is 0 Å². The molecular weight excluding hydrogens is 703 g/mol. The molecule has 12 rings (SSSR count). The van der Waals surface area contributed by atoms with Crippen LogP contribution in [0, 0.1) is 0 Å². The van der Waals surface area contributed by atoms with Crippen LogP contribution in [-0.4, -0.2) is 0 Å². The molecule has 1 aromatic heterocycles. The SMILES string of the molecule is c1ccc(N(c2ccc(-c3cc4ccccc4c4ccccc34)cc2)c2ccc3c(ccc4ccccc43)c2)c(-c2ccc3oc4c5ccccc5ccc4c3c2)c1. The maximum Gasteiger partial charge on any atom is 0.143 e. The van der Waals surface area contributed by atoms with E-state index in [1.54, 1.807) is 0 Å². The van der Waals surface area contributed by atoms with E-state index in [9.17, 15) is 0 Å². The normalized spacial score (nSPS) is 11.8. The summed E-state index contributed by atoms with van der Waals surface area (Å²) < 4.78 is 6.53. The van der Waals surface area contributed by atoms with Gasteiger partial charge in [0.05, 0.1) is 5.69 Å². The lowest BCUT2D eigenvalue weighted by Crippen LogP contribution is -2.11. The zero-order chi connectivity index (χ0) is 38.2. The van der Waals surface area contributed by atoms with Gasteiger partial charge in [0, 0.05) is 33.1 Å². The van der Waals surface area contributed by atoms with Crippen LogP contribution in [0.3, 0.4) is 0 Å². The van der Waals surface area contributed by atoms with E-state index in [1.807, 2.05) is 0 Å². The Kier molecular flexibility index (Phi) is 7.26. The number of furan rings is 1. The van der Waals surface area contributed by atoms with Crippen molar-refractivity contribution in [2.75, 3.05) is 4.90 Å². The van der Waals surface area contributed by atoms with Crippen LogP contribution in [0.4, 0.5) is 17.1 Å². The first-order chi connectivity index (χ1) is 28.7. The molecule has 58 heavy (non-hydrogen) atoms. The fourth-order valence-corrected chi connectivity index (χ4v) is 9.23. The van der Waals surface area contributed by atoms with Crippen LogP contribution in [-0.2, 0) is 0 Å². The standard InChI is InChI=1S/C56H35NO/c1-4-14-44-36(11-1)21-22-40-33-43(29-31-46(40)44)57(42-27-23-38(24-28-42)52-34-39-13-3-5-15-45(39)49-18-7-8-19-50(49)52)54-20-10-9-16-47(54)41-26-32-55-53(35-41)51-30-25-37-12-2-6-17-48(37)56(51)58-55/h1-35H. The number of anilines is 3. The summed E-state index contributed by atoms with van der Waals surface area (Å²) in [5.41, 5.74) is 9.81. The smallest absolute Gasteiger partial charge is 0.143 e. The second-order valence-electron chi connectivity index (χ2n) is 15.3. The van der Waals surface area contributed by atoms with Gasteiger partial charge in [-0.25, -0.2) is 0 Å². The molecule has 0 aliphatic rings. The van der Waals surface area contributed by atoms with Gasteiger partial charge in [-0.2, -0.15) is 0 Å². The van der Waals surface area contributed by atoms with E-state index in [0.717, 1.165) is 55.5 Å². The van der Waals surface area contributed by atoms with Gasteiger partial charge in [0.1, 0.15) is 11.2 Å². The van der Waals surface area contributed by atoms with E-state index in [0.29, 0.717) is 0 Å². The Bertz CT molecular complexity index is 3580. The summed E-state index contributed by atoms with van der Waals surface area (Å²) in [6.07, 6.45) is 0. The van der Waals surface area contributed by atoms with Crippen LogP contribution in [0.1, 0.15) is 0 Å². The molecule has 0 unspecified atom stereocenters. The predicted octanol–water partition coefficient (Wildman–Crippen LogP) is 16.2. The molecule has 0 radical (unpaired) electrons. The first-order valence-corrected chi connectivity index (χ1v) is 19.9. The molecule has 0 atom stereocenters. The molecule has 0 aliphatic carbocycles. The largest absolute Gasteiger partial charge is 0.455 e. The maximum absolute atomic E-state index is 6.53. The number of nitrogens with zero attached hydrogens (tertiary/aromatic N) is 1. The summed E-state index contributed by atoms with van der Waals surface area (Å²) in [5, 5.41) is 14.6. The Balaban J connectivity index is 1.04. The molecule has 12 aromatic rings. The van der Waals surface area contributed by atoms with Crippen molar-refractivity contribution in [2.24, 2.45) is 0 Å². The van der Waals surface area contributed by atoms with Gasteiger partial charge in [0.2, 0.25) is 0 Å². The van der Waals surface area contributed by atoms with Crippen molar-refractivity contribution < 1.29 is 4.42 Å². The Morgan fingerprint density at radius 1 is 0.293 bits per heavy atom. The summed E-state index contributed by atoms with van der Waals surface area (Å²) in [4.78, 5) is 2.41. The van der Waals surface area contributed by atoms with E-state index >= 15 is 0 Å². The number of rotatable bonds is 5. The predicted molar refractivity (Wildman–Crippen MR) is 247 cm³/mol. The monoisotopic (exact) mass is 737 g/mol. The van der Waals surface area contributed by atoms with Crippen LogP contribution in [0.15, 0.2) is 217 Å². The molecule has 0 fully saturated rings. The van der Waals surface area contributed by atoms with Crippen molar-refractivity contribution in [1.82, 2.24) is 0 Å². The lowest BCUT2D eigenvalue weighted by molar-refractivity contribution is 0.672. The molecule has 0 amide bonds. The van der Waals surface area contributed by atoms with Crippen LogP contribution in [0.2, 0.25) is 0 Å². The molecule has 0 aliphatic heterocycles. The minimum absolute atomic E-state index is 0.892. The average molecular weight is 738 g/mol. The highest BCUT2D eigenvalue weighted by molar-refractivity contribution is 6.16. The van der Waals surface area contributed by atoms with Crippen LogP contribution in [0.25, 0.3) is 98.1 Å². The van der Waals surface area contributed by atoms with Gasteiger partial charge < -0.3 is 9.32 Å². The van der Waals surface area contributed by atoms with Crippen LogP contribution in [0.5, 0.6) is 0 Å². The van der Waals surface area contributed by atoms with Crippen molar-refractivity contribution in [3.8, 4) is 22.3 Å². The second kappa shape index (κ2) is 12.9.